The smallest absolute Gasteiger partial charge is 0.269 e. The van der Waals surface area contributed by atoms with Gasteiger partial charge in [-0.05, 0) is 25.0 Å². The standard InChI is InChI=1S/C19H20N4O4S/c24-16-3-1-2-15-18(16)28-17(20-15)12-21-8-10-22(11-9-21)19(25)13-4-6-14(7-5-13)23(26)27/h4-7H,1-3,8-12H2. The number of amides is 1. The number of nitro groups is 1. The number of thiazole rings is 1. The van der Waals surface area contributed by atoms with E-state index in [2.05, 4.69) is 9.88 Å². The number of aromatic nitrogens is 1. The molecule has 1 aromatic carbocycles. The Bertz CT molecular complexity index is 917. The quantitative estimate of drug-likeness (QED) is 0.578. The molecule has 1 aliphatic heterocycles. The number of hydrogen-bond acceptors (Lipinski definition) is 7. The SMILES string of the molecule is O=C1CCCc2nc(CN3CCN(C(=O)c4ccc([N+](=O)[O-])cc4)CC3)sc21. The summed E-state index contributed by atoms with van der Waals surface area (Å²) in [7, 11) is 0. The predicted molar refractivity (Wildman–Crippen MR) is 104 cm³/mol. The Morgan fingerprint density at radius 2 is 1.86 bits per heavy atom. The van der Waals surface area contributed by atoms with Crippen LogP contribution >= 0.6 is 11.3 Å². The van der Waals surface area contributed by atoms with Gasteiger partial charge in [0.15, 0.2) is 5.78 Å². The van der Waals surface area contributed by atoms with E-state index in [9.17, 15) is 19.7 Å². The van der Waals surface area contributed by atoms with Gasteiger partial charge in [-0.1, -0.05) is 0 Å². The van der Waals surface area contributed by atoms with Gasteiger partial charge in [0.1, 0.15) is 5.01 Å². The van der Waals surface area contributed by atoms with Gasteiger partial charge in [-0.3, -0.25) is 24.6 Å². The summed E-state index contributed by atoms with van der Waals surface area (Å²) in [6.07, 6.45) is 2.39. The lowest BCUT2D eigenvalue weighted by molar-refractivity contribution is -0.384. The Labute approximate surface area is 165 Å². The number of rotatable bonds is 4. The number of benzene rings is 1. The molecule has 1 aromatic heterocycles. The third kappa shape index (κ3) is 3.81. The zero-order valence-corrected chi connectivity index (χ0v) is 16.1. The van der Waals surface area contributed by atoms with Gasteiger partial charge in [0.25, 0.3) is 11.6 Å². The minimum Gasteiger partial charge on any atom is -0.336 e. The second-order valence-electron chi connectivity index (χ2n) is 7.03. The molecule has 0 bridgehead atoms. The van der Waals surface area contributed by atoms with Crippen molar-refractivity contribution >= 4 is 28.7 Å². The van der Waals surface area contributed by atoms with Crippen LogP contribution in [-0.2, 0) is 13.0 Å². The Morgan fingerprint density at radius 1 is 1.14 bits per heavy atom. The number of aryl methyl sites for hydroxylation is 1. The predicted octanol–water partition coefficient (Wildman–Crippen LogP) is 2.53. The second-order valence-corrected chi connectivity index (χ2v) is 8.12. The van der Waals surface area contributed by atoms with Crippen molar-refractivity contribution in [3.8, 4) is 0 Å². The van der Waals surface area contributed by atoms with Gasteiger partial charge in [-0.2, -0.15) is 0 Å². The summed E-state index contributed by atoms with van der Waals surface area (Å²) in [6.45, 7) is 3.36. The van der Waals surface area contributed by atoms with Crippen molar-refractivity contribution in [2.45, 2.75) is 25.8 Å². The van der Waals surface area contributed by atoms with E-state index in [1.165, 1.54) is 35.6 Å². The zero-order chi connectivity index (χ0) is 19.7. The molecule has 2 heterocycles. The molecular weight excluding hydrogens is 380 g/mol. The largest absolute Gasteiger partial charge is 0.336 e. The number of piperazine rings is 1. The highest BCUT2D eigenvalue weighted by atomic mass is 32.1. The van der Waals surface area contributed by atoms with E-state index in [0.29, 0.717) is 31.6 Å². The summed E-state index contributed by atoms with van der Waals surface area (Å²) in [5.74, 6) is 0.105. The molecule has 0 atom stereocenters. The molecule has 1 fully saturated rings. The summed E-state index contributed by atoms with van der Waals surface area (Å²) in [5.41, 5.74) is 1.39. The summed E-state index contributed by atoms with van der Waals surface area (Å²) < 4.78 is 0. The molecule has 9 heteroatoms. The van der Waals surface area contributed by atoms with Crippen LogP contribution < -0.4 is 0 Å². The van der Waals surface area contributed by atoms with Crippen LogP contribution in [0.5, 0.6) is 0 Å². The normalized spacial score (nSPS) is 17.4. The van der Waals surface area contributed by atoms with Gasteiger partial charge in [0, 0.05) is 50.3 Å². The van der Waals surface area contributed by atoms with Gasteiger partial charge >= 0.3 is 0 Å². The van der Waals surface area contributed by atoms with Gasteiger partial charge < -0.3 is 4.90 Å². The molecule has 0 radical (unpaired) electrons. The third-order valence-corrected chi connectivity index (χ3v) is 6.28. The maximum absolute atomic E-state index is 12.6. The molecule has 2 aliphatic rings. The van der Waals surface area contributed by atoms with Crippen LogP contribution in [-0.4, -0.2) is 57.6 Å². The fourth-order valence-corrected chi connectivity index (χ4v) is 4.71. The number of non-ortho nitro benzene ring substituents is 1. The molecule has 4 rings (SSSR count). The first-order chi connectivity index (χ1) is 13.5. The number of carbonyl (C=O) groups is 2. The topological polar surface area (TPSA) is 96.7 Å². The molecule has 0 spiro atoms. The van der Waals surface area contributed by atoms with E-state index < -0.39 is 4.92 Å². The first kappa shape index (κ1) is 18.7. The number of nitro benzene ring substituents is 1. The van der Waals surface area contributed by atoms with Crippen molar-refractivity contribution in [2.24, 2.45) is 0 Å². The zero-order valence-electron chi connectivity index (χ0n) is 15.3. The van der Waals surface area contributed by atoms with Crippen LogP contribution in [0.25, 0.3) is 0 Å². The Balaban J connectivity index is 1.33. The fraction of sp³-hybridized carbons (Fsp3) is 0.421. The highest BCUT2D eigenvalue weighted by Crippen LogP contribution is 2.27. The lowest BCUT2D eigenvalue weighted by Crippen LogP contribution is -2.48. The summed E-state index contributed by atoms with van der Waals surface area (Å²) in [5, 5.41) is 11.7. The molecule has 1 saturated heterocycles. The third-order valence-electron chi connectivity index (χ3n) is 5.16. The molecule has 2 aromatic rings. The van der Waals surface area contributed by atoms with Gasteiger partial charge in [0.2, 0.25) is 0 Å². The Hall–Kier alpha value is -2.65. The summed E-state index contributed by atoms with van der Waals surface area (Å²) in [6, 6.07) is 5.72. The molecule has 146 valence electrons. The van der Waals surface area contributed by atoms with E-state index >= 15 is 0 Å². The summed E-state index contributed by atoms with van der Waals surface area (Å²) >= 11 is 1.51. The van der Waals surface area contributed by atoms with Gasteiger partial charge in [-0.15, -0.1) is 11.3 Å². The van der Waals surface area contributed by atoms with Crippen molar-refractivity contribution < 1.29 is 14.5 Å². The molecule has 28 heavy (non-hydrogen) atoms. The van der Waals surface area contributed by atoms with E-state index in [1.807, 2.05) is 0 Å². The average Bonchev–Trinajstić information content (AvgIpc) is 3.12. The molecule has 1 amide bonds. The van der Waals surface area contributed by atoms with Crippen LogP contribution in [0, 0.1) is 10.1 Å². The van der Waals surface area contributed by atoms with E-state index in [-0.39, 0.29) is 17.4 Å². The Kier molecular flexibility index (Phi) is 5.19. The Morgan fingerprint density at radius 3 is 2.50 bits per heavy atom. The first-order valence-electron chi connectivity index (χ1n) is 9.29. The van der Waals surface area contributed by atoms with Crippen molar-refractivity contribution in [3.63, 3.8) is 0 Å². The van der Waals surface area contributed by atoms with Gasteiger partial charge in [-0.25, -0.2) is 4.98 Å². The van der Waals surface area contributed by atoms with Crippen molar-refractivity contribution in [2.75, 3.05) is 26.2 Å². The number of carbonyl (C=O) groups excluding carboxylic acids is 2. The number of Topliss-reactive ketones (excluding diaryl/α,β-unsaturated/α-hetero) is 1. The number of fused-ring (bicyclic) bond motifs is 1. The molecular formula is C19H20N4O4S. The van der Waals surface area contributed by atoms with Crippen LogP contribution in [0.2, 0.25) is 0 Å². The highest BCUT2D eigenvalue weighted by Gasteiger charge is 2.26. The minimum atomic E-state index is -0.475. The number of ketones is 1. The van der Waals surface area contributed by atoms with E-state index in [1.54, 1.807) is 4.90 Å². The van der Waals surface area contributed by atoms with E-state index in [4.69, 9.17) is 0 Å². The average molecular weight is 400 g/mol. The highest BCUT2D eigenvalue weighted by molar-refractivity contribution is 7.13. The molecule has 1 aliphatic carbocycles. The fourth-order valence-electron chi connectivity index (χ4n) is 3.59. The van der Waals surface area contributed by atoms with Crippen LogP contribution in [0.15, 0.2) is 24.3 Å². The maximum atomic E-state index is 12.6. The maximum Gasteiger partial charge on any atom is 0.269 e. The number of nitrogens with zero attached hydrogens (tertiary/aromatic N) is 4. The summed E-state index contributed by atoms with van der Waals surface area (Å²) in [4.78, 5) is 44.3. The monoisotopic (exact) mass is 400 g/mol. The lowest BCUT2D eigenvalue weighted by atomic mass is 10.0. The first-order valence-corrected chi connectivity index (χ1v) is 10.1. The van der Waals surface area contributed by atoms with Gasteiger partial charge in [0.05, 0.1) is 22.0 Å². The molecule has 8 nitrogen and oxygen atoms in total. The van der Waals surface area contributed by atoms with Crippen molar-refractivity contribution in [1.29, 1.82) is 0 Å². The molecule has 0 unspecified atom stereocenters. The lowest BCUT2D eigenvalue weighted by Gasteiger charge is -2.34. The van der Waals surface area contributed by atoms with E-state index in [0.717, 1.165) is 41.5 Å². The minimum absolute atomic E-state index is 0.0222. The van der Waals surface area contributed by atoms with Crippen LogP contribution in [0.4, 0.5) is 5.69 Å². The molecule has 0 saturated carbocycles. The van der Waals surface area contributed by atoms with Crippen molar-refractivity contribution in [1.82, 2.24) is 14.8 Å². The molecule has 0 N–H and O–H groups in total. The van der Waals surface area contributed by atoms with Crippen LogP contribution in [0.3, 0.4) is 0 Å². The van der Waals surface area contributed by atoms with Crippen LogP contribution in [0.1, 0.15) is 43.6 Å². The number of hydrogen-bond donors (Lipinski definition) is 0. The second kappa shape index (κ2) is 7.76. The van der Waals surface area contributed by atoms with Crippen molar-refractivity contribution in [3.05, 3.63) is 55.5 Å².